The van der Waals surface area contributed by atoms with E-state index < -0.39 is 0 Å². The molecule has 4 heteroatoms. The van der Waals surface area contributed by atoms with Gasteiger partial charge in [-0.15, -0.1) is 0 Å². The molecule has 0 unspecified atom stereocenters. The lowest BCUT2D eigenvalue weighted by Crippen LogP contribution is -2.05. The largest absolute Gasteiger partial charge is 0.398 e. The molecule has 0 aromatic heterocycles. The molecule has 0 fully saturated rings. The fraction of sp³-hybridized carbons (Fsp3) is 0.0714. The van der Waals surface area contributed by atoms with E-state index in [1.54, 1.807) is 18.2 Å². The minimum Gasteiger partial charge on any atom is -0.398 e. The maximum Gasteiger partial charge on any atom is 0.194 e. The average Bonchev–Trinajstić information content (AvgIpc) is 2.35. The summed E-state index contributed by atoms with van der Waals surface area (Å²) in [5.74, 6) is 0.0174. The van der Waals surface area contributed by atoms with Crippen LogP contribution in [0.15, 0.2) is 40.9 Å². The third-order valence-electron chi connectivity index (χ3n) is 2.70. The Bertz CT molecular complexity index is 625. The van der Waals surface area contributed by atoms with E-state index in [1.807, 2.05) is 25.1 Å². The molecular formula is C14H11BrINO. The summed E-state index contributed by atoms with van der Waals surface area (Å²) in [7, 11) is 0. The monoisotopic (exact) mass is 415 g/mol. The number of aryl methyl sites for hydroxylation is 1. The second kappa shape index (κ2) is 5.40. The second-order valence-electron chi connectivity index (χ2n) is 4.00. The van der Waals surface area contributed by atoms with Crippen molar-refractivity contribution in [2.24, 2.45) is 0 Å². The van der Waals surface area contributed by atoms with Crippen molar-refractivity contribution in [3.05, 3.63) is 61.1 Å². The van der Waals surface area contributed by atoms with Crippen molar-refractivity contribution in [2.45, 2.75) is 6.92 Å². The zero-order chi connectivity index (χ0) is 13.3. The highest BCUT2D eigenvalue weighted by atomic mass is 127. The maximum absolute atomic E-state index is 12.4. The Labute approximate surface area is 128 Å². The first kappa shape index (κ1) is 13.5. The maximum atomic E-state index is 12.4. The van der Waals surface area contributed by atoms with Gasteiger partial charge in [0.15, 0.2) is 5.78 Å². The number of nitrogen functional groups attached to an aromatic ring is 1. The lowest BCUT2D eigenvalue weighted by atomic mass is 10.0. The summed E-state index contributed by atoms with van der Waals surface area (Å²) in [6.45, 7) is 2.00. The summed E-state index contributed by atoms with van der Waals surface area (Å²) in [6.07, 6.45) is 0. The smallest absolute Gasteiger partial charge is 0.194 e. The van der Waals surface area contributed by atoms with Crippen LogP contribution in [0.4, 0.5) is 5.69 Å². The van der Waals surface area contributed by atoms with Crippen LogP contribution in [0.25, 0.3) is 0 Å². The van der Waals surface area contributed by atoms with Gasteiger partial charge in [-0.05, 0) is 75.3 Å². The number of carbonyl (C=O) groups excluding carboxylic acids is 1. The third kappa shape index (κ3) is 2.59. The fourth-order valence-corrected chi connectivity index (χ4v) is 2.63. The number of nitrogens with two attached hydrogens (primary N) is 1. The topological polar surface area (TPSA) is 43.1 Å². The van der Waals surface area contributed by atoms with Gasteiger partial charge in [-0.2, -0.15) is 0 Å². The van der Waals surface area contributed by atoms with Crippen molar-refractivity contribution in [1.29, 1.82) is 0 Å². The number of rotatable bonds is 2. The normalized spacial score (nSPS) is 10.4. The molecule has 0 radical (unpaired) electrons. The Balaban J connectivity index is 2.48. The molecule has 2 rings (SSSR count). The Morgan fingerprint density at radius 3 is 2.67 bits per heavy atom. The number of ketones is 1. The van der Waals surface area contributed by atoms with E-state index in [0.717, 1.165) is 19.2 Å². The lowest BCUT2D eigenvalue weighted by Gasteiger charge is -2.07. The van der Waals surface area contributed by atoms with Gasteiger partial charge in [-0.3, -0.25) is 4.79 Å². The standard InChI is InChI=1S/C14H11BrINO/c1-8-3-2-4-10(13(8)16)14(18)9-5-6-12(17)11(15)7-9/h2-7H,17H2,1H3. The van der Waals surface area contributed by atoms with Gasteiger partial charge in [-0.1, -0.05) is 12.1 Å². The average molecular weight is 416 g/mol. The number of benzene rings is 2. The SMILES string of the molecule is Cc1cccc(C(=O)c2ccc(N)c(Br)c2)c1I. The van der Waals surface area contributed by atoms with Crippen molar-refractivity contribution in [1.82, 2.24) is 0 Å². The minimum absolute atomic E-state index is 0.0174. The molecule has 0 aliphatic heterocycles. The Morgan fingerprint density at radius 2 is 2.00 bits per heavy atom. The van der Waals surface area contributed by atoms with Crippen molar-refractivity contribution in [2.75, 3.05) is 5.73 Å². The van der Waals surface area contributed by atoms with E-state index in [0.29, 0.717) is 11.3 Å². The van der Waals surface area contributed by atoms with Crippen LogP contribution >= 0.6 is 38.5 Å². The molecule has 0 saturated heterocycles. The molecule has 92 valence electrons. The van der Waals surface area contributed by atoms with E-state index in [1.165, 1.54) is 0 Å². The molecule has 0 bridgehead atoms. The van der Waals surface area contributed by atoms with Crippen LogP contribution in [0.5, 0.6) is 0 Å². The predicted octanol–water partition coefficient (Wildman–Crippen LogP) is 4.18. The molecule has 2 N–H and O–H groups in total. The van der Waals surface area contributed by atoms with Gasteiger partial charge in [0.1, 0.15) is 0 Å². The molecule has 0 amide bonds. The number of carbonyl (C=O) groups is 1. The number of halogens is 2. The van der Waals surface area contributed by atoms with Crippen LogP contribution in [-0.2, 0) is 0 Å². The molecule has 2 aromatic rings. The Morgan fingerprint density at radius 1 is 1.28 bits per heavy atom. The highest BCUT2D eigenvalue weighted by Crippen LogP contribution is 2.24. The molecule has 0 aliphatic rings. The van der Waals surface area contributed by atoms with E-state index in [-0.39, 0.29) is 5.78 Å². The predicted molar refractivity (Wildman–Crippen MR) is 85.9 cm³/mol. The van der Waals surface area contributed by atoms with Crippen LogP contribution in [0.2, 0.25) is 0 Å². The van der Waals surface area contributed by atoms with Gasteiger partial charge in [0.2, 0.25) is 0 Å². The number of anilines is 1. The third-order valence-corrected chi connectivity index (χ3v) is 4.82. The first-order valence-corrected chi connectivity index (χ1v) is 7.22. The zero-order valence-electron chi connectivity index (χ0n) is 9.71. The number of hydrogen-bond acceptors (Lipinski definition) is 2. The number of hydrogen-bond donors (Lipinski definition) is 1. The van der Waals surface area contributed by atoms with Crippen molar-refractivity contribution >= 4 is 50.0 Å². The van der Waals surface area contributed by atoms with E-state index >= 15 is 0 Å². The Kier molecular flexibility index (Phi) is 4.07. The molecule has 0 spiro atoms. The molecule has 0 atom stereocenters. The van der Waals surface area contributed by atoms with Crippen molar-refractivity contribution < 1.29 is 4.79 Å². The summed E-state index contributed by atoms with van der Waals surface area (Å²) >= 11 is 5.55. The van der Waals surface area contributed by atoms with Gasteiger partial charge in [0, 0.05) is 24.9 Å². The highest BCUT2D eigenvalue weighted by molar-refractivity contribution is 14.1. The zero-order valence-corrected chi connectivity index (χ0v) is 13.4. The molecular weight excluding hydrogens is 405 g/mol. The molecule has 0 aliphatic carbocycles. The van der Waals surface area contributed by atoms with E-state index in [4.69, 9.17) is 5.73 Å². The van der Waals surface area contributed by atoms with Crippen LogP contribution in [0.1, 0.15) is 21.5 Å². The molecule has 0 saturated carbocycles. The van der Waals surface area contributed by atoms with Gasteiger partial charge >= 0.3 is 0 Å². The first-order valence-electron chi connectivity index (χ1n) is 5.35. The van der Waals surface area contributed by atoms with E-state index in [2.05, 4.69) is 38.5 Å². The summed E-state index contributed by atoms with van der Waals surface area (Å²) in [5, 5.41) is 0. The van der Waals surface area contributed by atoms with Gasteiger partial charge in [0.25, 0.3) is 0 Å². The summed E-state index contributed by atoms with van der Waals surface area (Å²) in [5.41, 5.74) is 8.83. The summed E-state index contributed by atoms with van der Waals surface area (Å²) in [6, 6.07) is 11.0. The quantitative estimate of drug-likeness (QED) is 0.454. The van der Waals surface area contributed by atoms with Crippen LogP contribution < -0.4 is 5.73 Å². The molecule has 2 nitrogen and oxygen atoms in total. The Hall–Kier alpha value is -0.880. The molecule has 18 heavy (non-hydrogen) atoms. The van der Waals surface area contributed by atoms with E-state index in [9.17, 15) is 4.79 Å². The van der Waals surface area contributed by atoms with Crippen molar-refractivity contribution in [3.63, 3.8) is 0 Å². The highest BCUT2D eigenvalue weighted by Gasteiger charge is 2.14. The van der Waals surface area contributed by atoms with Crippen LogP contribution in [-0.4, -0.2) is 5.78 Å². The van der Waals surface area contributed by atoms with Gasteiger partial charge in [0.05, 0.1) is 0 Å². The first-order chi connectivity index (χ1) is 8.50. The van der Waals surface area contributed by atoms with Crippen LogP contribution in [0, 0.1) is 10.5 Å². The summed E-state index contributed by atoms with van der Waals surface area (Å²) < 4.78 is 1.74. The molecule has 0 heterocycles. The van der Waals surface area contributed by atoms with Crippen LogP contribution in [0.3, 0.4) is 0 Å². The second-order valence-corrected chi connectivity index (χ2v) is 5.93. The summed E-state index contributed by atoms with van der Waals surface area (Å²) in [4.78, 5) is 12.4. The molecule has 2 aromatic carbocycles. The van der Waals surface area contributed by atoms with Gasteiger partial charge in [-0.25, -0.2) is 0 Å². The van der Waals surface area contributed by atoms with Gasteiger partial charge < -0.3 is 5.73 Å². The van der Waals surface area contributed by atoms with Crippen molar-refractivity contribution in [3.8, 4) is 0 Å². The minimum atomic E-state index is 0.0174. The fourth-order valence-electron chi connectivity index (χ4n) is 1.65. The lowest BCUT2D eigenvalue weighted by molar-refractivity contribution is 0.103.